The zero-order valence-electron chi connectivity index (χ0n) is 13.9. The molecule has 0 aromatic heterocycles. The highest BCUT2D eigenvalue weighted by Crippen LogP contribution is 2.28. The number of likely N-dealkylation sites (tertiary alicyclic amines) is 1. The maximum atomic E-state index is 12.8. The van der Waals surface area contributed by atoms with Crippen LogP contribution in [0.4, 0.5) is 5.69 Å². The van der Waals surface area contributed by atoms with E-state index in [1.165, 1.54) is 24.7 Å². The van der Waals surface area contributed by atoms with E-state index in [1.807, 2.05) is 0 Å². The minimum absolute atomic E-state index is 0.151. The number of anilines is 1. The fraction of sp³-hybridized carbons (Fsp3) is 0.500. The molecular formula is C18H22N2O4. The SMILES string of the molecule is CC(=O)Oc1ccc(N2C(=O)C[C@@H](N3CCCCCC3)C2=O)cc1. The summed E-state index contributed by atoms with van der Waals surface area (Å²) in [5, 5.41) is 0. The lowest BCUT2D eigenvalue weighted by atomic mass is 10.2. The lowest BCUT2D eigenvalue weighted by molar-refractivity contribution is -0.132. The summed E-state index contributed by atoms with van der Waals surface area (Å²) in [5.74, 6) is -0.330. The van der Waals surface area contributed by atoms with Crippen LogP contribution in [0, 0.1) is 0 Å². The number of amides is 2. The van der Waals surface area contributed by atoms with Crippen molar-refractivity contribution in [2.24, 2.45) is 0 Å². The number of rotatable bonds is 3. The normalized spacial score (nSPS) is 22.5. The van der Waals surface area contributed by atoms with Gasteiger partial charge in [0.15, 0.2) is 0 Å². The van der Waals surface area contributed by atoms with Gasteiger partial charge in [-0.25, -0.2) is 4.90 Å². The van der Waals surface area contributed by atoms with Gasteiger partial charge >= 0.3 is 5.97 Å². The van der Waals surface area contributed by atoms with Crippen molar-refractivity contribution in [1.29, 1.82) is 0 Å². The second-order valence-corrected chi connectivity index (χ2v) is 6.33. The summed E-state index contributed by atoms with van der Waals surface area (Å²) in [7, 11) is 0. The van der Waals surface area contributed by atoms with E-state index in [4.69, 9.17) is 4.74 Å². The Bertz CT molecular complexity index is 633. The molecule has 128 valence electrons. The molecule has 1 aromatic carbocycles. The first-order valence-electron chi connectivity index (χ1n) is 8.45. The van der Waals surface area contributed by atoms with Crippen LogP contribution in [0.15, 0.2) is 24.3 Å². The van der Waals surface area contributed by atoms with Crippen LogP contribution < -0.4 is 9.64 Å². The van der Waals surface area contributed by atoms with Gasteiger partial charge in [-0.2, -0.15) is 0 Å². The Labute approximate surface area is 141 Å². The van der Waals surface area contributed by atoms with Crippen LogP contribution in [0.2, 0.25) is 0 Å². The predicted octanol–water partition coefficient (Wildman–Crippen LogP) is 2.12. The number of imide groups is 1. The number of carbonyl (C=O) groups excluding carboxylic acids is 3. The van der Waals surface area contributed by atoms with Crippen LogP contribution in [-0.4, -0.2) is 41.8 Å². The van der Waals surface area contributed by atoms with Crippen LogP contribution in [0.5, 0.6) is 5.75 Å². The minimum Gasteiger partial charge on any atom is -0.427 e. The highest BCUT2D eigenvalue weighted by atomic mass is 16.5. The Hall–Kier alpha value is -2.21. The summed E-state index contributed by atoms with van der Waals surface area (Å²) >= 11 is 0. The van der Waals surface area contributed by atoms with Gasteiger partial charge in [-0.05, 0) is 50.2 Å². The van der Waals surface area contributed by atoms with E-state index >= 15 is 0 Å². The molecular weight excluding hydrogens is 308 g/mol. The molecule has 6 nitrogen and oxygen atoms in total. The first-order valence-corrected chi connectivity index (χ1v) is 8.45. The van der Waals surface area contributed by atoms with E-state index < -0.39 is 5.97 Å². The lowest BCUT2D eigenvalue weighted by Gasteiger charge is -2.25. The fourth-order valence-corrected chi connectivity index (χ4v) is 3.41. The largest absolute Gasteiger partial charge is 0.427 e. The quantitative estimate of drug-likeness (QED) is 0.482. The number of hydrogen-bond acceptors (Lipinski definition) is 5. The van der Waals surface area contributed by atoms with Gasteiger partial charge in [0.25, 0.3) is 5.91 Å². The summed E-state index contributed by atoms with van der Waals surface area (Å²) < 4.78 is 4.98. The van der Waals surface area contributed by atoms with Gasteiger partial charge in [-0.15, -0.1) is 0 Å². The van der Waals surface area contributed by atoms with E-state index in [0.717, 1.165) is 25.9 Å². The first kappa shape index (κ1) is 16.6. The van der Waals surface area contributed by atoms with Gasteiger partial charge < -0.3 is 4.74 Å². The molecule has 3 rings (SSSR count). The molecule has 0 unspecified atom stereocenters. The molecule has 0 radical (unpaired) electrons. The van der Waals surface area contributed by atoms with Crippen molar-refractivity contribution in [2.75, 3.05) is 18.0 Å². The Morgan fingerprint density at radius 2 is 1.67 bits per heavy atom. The number of benzene rings is 1. The average Bonchev–Trinajstić information content (AvgIpc) is 2.73. The zero-order valence-corrected chi connectivity index (χ0v) is 13.9. The summed E-state index contributed by atoms with van der Waals surface area (Å²) in [6, 6.07) is 6.12. The molecule has 0 spiro atoms. The molecule has 2 heterocycles. The third-order valence-corrected chi connectivity index (χ3v) is 4.56. The molecule has 24 heavy (non-hydrogen) atoms. The molecule has 0 bridgehead atoms. The van der Waals surface area contributed by atoms with E-state index in [1.54, 1.807) is 24.3 Å². The molecule has 2 aliphatic heterocycles. The Balaban J connectivity index is 1.75. The molecule has 6 heteroatoms. The van der Waals surface area contributed by atoms with Crippen molar-refractivity contribution in [3.05, 3.63) is 24.3 Å². The van der Waals surface area contributed by atoms with Crippen LogP contribution in [-0.2, 0) is 14.4 Å². The minimum atomic E-state index is -0.405. The van der Waals surface area contributed by atoms with Gasteiger partial charge in [-0.1, -0.05) is 12.8 Å². The van der Waals surface area contributed by atoms with Crippen molar-refractivity contribution in [3.8, 4) is 5.75 Å². The van der Waals surface area contributed by atoms with Gasteiger partial charge in [0.2, 0.25) is 5.91 Å². The lowest BCUT2D eigenvalue weighted by Crippen LogP contribution is -2.42. The molecule has 1 aromatic rings. The Morgan fingerprint density at radius 3 is 2.25 bits per heavy atom. The van der Waals surface area contributed by atoms with Crippen molar-refractivity contribution in [3.63, 3.8) is 0 Å². The molecule has 2 amide bonds. The monoisotopic (exact) mass is 330 g/mol. The smallest absolute Gasteiger partial charge is 0.308 e. The third kappa shape index (κ3) is 3.48. The maximum Gasteiger partial charge on any atom is 0.308 e. The third-order valence-electron chi connectivity index (χ3n) is 4.56. The molecule has 0 aliphatic carbocycles. The molecule has 1 atom stereocenters. The summed E-state index contributed by atoms with van der Waals surface area (Å²) in [6.45, 7) is 3.08. The first-order chi connectivity index (χ1) is 11.6. The van der Waals surface area contributed by atoms with Crippen molar-refractivity contribution in [1.82, 2.24) is 4.90 Å². The van der Waals surface area contributed by atoms with Gasteiger partial charge in [-0.3, -0.25) is 19.3 Å². The van der Waals surface area contributed by atoms with Crippen LogP contribution in [0.25, 0.3) is 0 Å². The predicted molar refractivity (Wildman–Crippen MR) is 88.7 cm³/mol. The van der Waals surface area contributed by atoms with Crippen LogP contribution in [0.1, 0.15) is 39.0 Å². The van der Waals surface area contributed by atoms with E-state index in [-0.39, 0.29) is 24.3 Å². The average molecular weight is 330 g/mol. The number of carbonyl (C=O) groups is 3. The molecule has 2 saturated heterocycles. The molecule has 0 saturated carbocycles. The highest BCUT2D eigenvalue weighted by Gasteiger charge is 2.42. The maximum absolute atomic E-state index is 12.8. The highest BCUT2D eigenvalue weighted by molar-refractivity contribution is 6.22. The number of nitrogens with zero attached hydrogens (tertiary/aromatic N) is 2. The molecule has 0 N–H and O–H groups in total. The molecule has 2 fully saturated rings. The second kappa shape index (κ2) is 7.13. The summed E-state index contributed by atoms with van der Waals surface area (Å²) in [6.07, 6.45) is 4.77. The zero-order chi connectivity index (χ0) is 17.1. The van der Waals surface area contributed by atoms with Gasteiger partial charge in [0, 0.05) is 6.92 Å². The standard InChI is InChI=1S/C18H22N2O4/c1-13(21)24-15-8-6-14(7-9-15)20-17(22)12-16(18(20)23)19-10-4-2-3-5-11-19/h6-9,16H,2-5,10-12H2,1H3/t16-/m1/s1. The summed E-state index contributed by atoms with van der Waals surface area (Å²) in [4.78, 5) is 39.5. The fourth-order valence-electron chi connectivity index (χ4n) is 3.41. The van der Waals surface area contributed by atoms with Gasteiger partial charge in [0.1, 0.15) is 5.75 Å². The van der Waals surface area contributed by atoms with Crippen molar-refractivity contribution < 1.29 is 19.1 Å². The number of esters is 1. The number of hydrogen-bond donors (Lipinski definition) is 0. The van der Waals surface area contributed by atoms with Crippen LogP contribution in [0.3, 0.4) is 0 Å². The van der Waals surface area contributed by atoms with Crippen molar-refractivity contribution in [2.45, 2.75) is 45.1 Å². The summed E-state index contributed by atoms with van der Waals surface area (Å²) in [5.41, 5.74) is 0.526. The van der Waals surface area contributed by atoms with Gasteiger partial charge in [0.05, 0.1) is 18.2 Å². The second-order valence-electron chi connectivity index (χ2n) is 6.33. The van der Waals surface area contributed by atoms with E-state index in [2.05, 4.69) is 4.90 Å². The van der Waals surface area contributed by atoms with Crippen molar-refractivity contribution >= 4 is 23.5 Å². The Morgan fingerprint density at radius 1 is 1.04 bits per heavy atom. The number of ether oxygens (including phenoxy) is 1. The van der Waals surface area contributed by atoms with E-state index in [0.29, 0.717) is 11.4 Å². The van der Waals surface area contributed by atoms with E-state index in [9.17, 15) is 14.4 Å². The van der Waals surface area contributed by atoms with Crippen LogP contribution >= 0.6 is 0 Å². The molecule has 2 aliphatic rings. The topological polar surface area (TPSA) is 66.9 Å². The Kier molecular flexibility index (Phi) is 4.94.